The van der Waals surface area contributed by atoms with Crippen molar-refractivity contribution in [2.45, 2.75) is 77.7 Å². The molecule has 3 saturated carbocycles. The number of rotatable bonds is 0. The topological polar surface area (TPSA) is 50.4 Å². The van der Waals surface area contributed by atoms with Gasteiger partial charge in [0, 0.05) is 11.9 Å². The molecule has 0 saturated heterocycles. The van der Waals surface area contributed by atoms with Gasteiger partial charge in [0.05, 0.1) is 16.5 Å². The summed E-state index contributed by atoms with van der Waals surface area (Å²) in [6.45, 7) is 7.00. The number of aliphatic hydroxyl groups is 1. The van der Waals surface area contributed by atoms with Gasteiger partial charge >= 0.3 is 0 Å². The molecule has 0 aliphatic heterocycles. The molecule has 1 N–H and O–H groups in total. The second kappa shape index (κ2) is 6.35. The van der Waals surface area contributed by atoms with E-state index in [0.29, 0.717) is 34.3 Å². The molecular weight excluding hydrogens is 413 g/mol. The zero-order valence-electron chi connectivity index (χ0n) is 19.9. The lowest BCUT2D eigenvalue weighted by Gasteiger charge is -2.61. The van der Waals surface area contributed by atoms with Crippen molar-refractivity contribution in [2.75, 3.05) is 0 Å². The fourth-order valence-corrected chi connectivity index (χ4v) is 9.13. The molecule has 174 valence electrons. The fourth-order valence-electron chi connectivity index (χ4n) is 9.13. The summed E-state index contributed by atoms with van der Waals surface area (Å²) in [5, 5.41) is 16.5. The molecule has 2 aromatic heterocycles. The van der Waals surface area contributed by atoms with Crippen LogP contribution < -0.4 is 0 Å². The Morgan fingerprint density at radius 1 is 1.06 bits per heavy atom. The third-order valence-electron chi connectivity index (χ3n) is 11.2. The zero-order chi connectivity index (χ0) is 22.8. The monoisotopic (exact) mass is 447 g/mol. The zero-order valence-corrected chi connectivity index (χ0v) is 19.9. The molecule has 3 fully saturated rings. The van der Waals surface area contributed by atoms with Crippen LogP contribution in [0, 0.1) is 40.3 Å². The molecule has 0 radical (unpaired) electrons. The quantitative estimate of drug-likeness (QED) is 0.479. The number of nitrogens with zero attached hydrogens (tertiary/aromatic N) is 3. The Morgan fingerprint density at radius 3 is 2.73 bits per heavy atom. The molecule has 7 atom stereocenters. The van der Waals surface area contributed by atoms with E-state index < -0.39 is 5.60 Å². The largest absolute Gasteiger partial charge is 0.390 e. The van der Waals surface area contributed by atoms with Crippen molar-refractivity contribution in [1.82, 2.24) is 14.6 Å². The first-order valence-electron chi connectivity index (χ1n) is 12.9. The first-order valence-corrected chi connectivity index (χ1v) is 12.9. The number of hydrogen-bond donors (Lipinski definition) is 1. The highest BCUT2D eigenvalue weighted by molar-refractivity contribution is 5.92. The van der Waals surface area contributed by atoms with Gasteiger partial charge in [-0.25, -0.2) is 13.9 Å². The second-order valence-corrected chi connectivity index (χ2v) is 12.4. The maximum Gasteiger partial charge on any atom is 0.166 e. The molecule has 33 heavy (non-hydrogen) atoms. The van der Waals surface area contributed by atoms with Crippen molar-refractivity contribution in [3.8, 4) is 0 Å². The van der Waals surface area contributed by atoms with Gasteiger partial charge in [-0.3, -0.25) is 0 Å². The van der Waals surface area contributed by atoms with Gasteiger partial charge in [-0.2, -0.15) is 5.10 Å². The van der Waals surface area contributed by atoms with E-state index in [4.69, 9.17) is 10.1 Å². The maximum atomic E-state index is 14.6. The highest BCUT2D eigenvalue weighted by atomic mass is 19.1. The average molecular weight is 448 g/mol. The van der Waals surface area contributed by atoms with Crippen molar-refractivity contribution in [2.24, 2.45) is 34.5 Å². The van der Waals surface area contributed by atoms with Crippen LogP contribution in [0.3, 0.4) is 0 Å². The number of benzene rings is 1. The number of halogens is 1. The third kappa shape index (κ3) is 2.45. The summed E-state index contributed by atoms with van der Waals surface area (Å²) in [4.78, 5) is 4.73. The van der Waals surface area contributed by atoms with Gasteiger partial charge in [0.1, 0.15) is 5.82 Å². The van der Waals surface area contributed by atoms with Crippen LogP contribution in [0.25, 0.3) is 16.6 Å². The molecular formula is C28H34FN3O. The van der Waals surface area contributed by atoms with E-state index in [1.807, 2.05) is 16.8 Å². The fraction of sp³-hybridized carbons (Fsp3) is 0.643. The van der Waals surface area contributed by atoms with Crippen molar-refractivity contribution in [3.63, 3.8) is 0 Å². The smallest absolute Gasteiger partial charge is 0.166 e. The summed E-state index contributed by atoms with van der Waals surface area (Å²) in [6, 6.07) is 5.11. The third-order valence-corrected chi connectivity index (χ3v) is 11.2. The minimum absolute atomic E-state index is 0.0664. The molecule has 7 rings (SSSR count). The molecule has 3 aromatic rings. The minimum Gasteiger partial charge on any atom is -0.390 e. The first-order chi connectivity index (χ1) is 15.7. The van der Waals surface area contributed by atoms with Gasteiger partial charge in [0.15, 0.2) is 5.65 Å². The van der Waals surface area contributed by atoms with Gasteiger partial charge in [-0.15, -0.1) is 0 Å². The van der Waals surface area contributed by atoms with Crippen molar-refractivity contribution in [1.29, 1.82) is 0 Å². The van der Waals surface area contributed by atoms with E-state index in [2.05, 4.69) is 20.8 Å². The summed E-state index contributed by atoms with van der Waals surface area (Å²) < 4.78 is 16.5. The molecule has 1 aromatic carbocycles. The maximum absolute atomic E-state index is 14.6. The van der Waals surface area contributed by atoms with E-state index in [0.717, 1.165) is 31.6 Å². The van der Waals surface area contributed by atoms with E-state index >= 15 is 0 Å². The minimum atomic E-state index is -0.521. The molecule has 0 unspecified atom stereocenters. The van der Waals surface area contributed by atoms with E-state index in [1.54, 1.807) is 6.07 Å². The summed E-state index contributed by atoms with van der Waals surface area (Å²) in [6.07, 6.45) is 11.1. The van der Waals surface area contributed by atoms with Crippen molar-refractivity contribution >= 4 is 16.6 Å². The van der Waals surface area contributed by atoms with Crippen LogP contribution in [0.5, 0.6) is 0 Å². The van der Waals surface area contributed by atoms with Gasteiger partial charge in [0.25, 0.3) is 0 Å². The molecule has 0 amide bonds. The normalized spacial score (nSPS) is 42.1. The Kier molecular flexibility index (Phi) is 3.92. The van der Waals surface area contributed by atoms with Crippen LogP contribution in [0.2, 0.25) is 0 Å². The lowest BCUT2D eigenvalue weighted by atomic mass is 9.44. The number of hydrogen-bond acceptors (Lipinski definition) is 3. The predicted octanol–water partition coefficient (Wildman–Crippen LogP) is 5.73. The molecule has 4 aliphatic rings. The van der Waals surface area contributed by atoms with E-state index in [9.17, 15) is 9.50 Å². The van der Waals surface area contributed by atoms with Gasteiger partial charge in [0.2, 0.25) is 0 Å². The van der Waals surface area contributed by atoms with Gasteiger partial charge < -0.3 is 5.11 Å². The summed E-state index contributed by atoms with van der Waals surface area (Å²) in [5.41, 5.74) is 3.68. The molecule has 4 aliphatic carbocycles. The van der Waals surface area contributed by atoms with Crippen LogP contribution in [-0.4, -0.2) is 25.3 Å². The summed E-state index contributed by atoms with van der Waals surface area (Å²) >= 11 is 0. The van der Waals surface area contributed by atoms with Crippen molar-refractivity contribution in [3.05, 3.63) is 41.5 Å². The summed E-state index contributed by atoms with van der Waals surface area (Å²) in [5.74, 6) is 2.46. The highest BCUT2D eigenvalue weighted by Gasteiger charge is 2.63. The molecule has 2 heterocycles. The highest BCUT2D eigenvalue weighted by Crippen LogP contribution is 2.67. The molecule has 4 nitrogen and oxygen atoms in total. The number of aromatic nitrogens is 3. The SMILES string of the molecule is C[C@]12Cc3cnc4c5c(F)cccc5nn4c3C[C@@H]1CC[C@@H]1[C@@H]2CC[C@]2(C)[C@H]1CC[C@@]2(C)O. The Morgan fingerprint density at radius 2 is 1.88 bits per heavy atom. The first kappa shape index (κ1) is 20.4. The second-order valence-electron chi connectivity index (χ2n) is 12.4. The Bertz CT molecular complexity index is 1300. The Hall–Kier alpha value is -2.01. The van der Waals surface area contributed by atoms with E-state index in [1.165, 1.54) is 43.0 Å². The van der Waals surface area contributed by atoms with Gasteiger partial charge in [-0.1, -0.05) is 19.9 Å². The summed E-state index contributed by atoms with van der Waals surface area (Å²) in [7, 11) is 0. The van der Waals surface area contributed by atoms with Crippen LogP contribution in [0.4, 0.5) is 4.39 Å². The van der Waals surface area contributed by atoms with Crippen LogP contribution in [0.1, 0.15) is 70.6 Å². The average Bonchev–Trinajstić information content (AvgIpc) is 3.27. The standard InChI is InChI=1S/C28H34FN3O/c1-26-14-16-15-30-25-24-21(29)5-4-6-22(24)31-32(25)23(16)13-17(26)7-8-18-19(26)9-11-27(2)20(18)10-12-28(27,3)33/h4-6,15,17-20,33H,7-14H2,1-3H3/t17-,18+,19-,20-,26-,27+,28+/m0/s1. The Labute approximate surface area is 194 Å². The van der Waals surface area contributed by atoms with Crippen LogP contribution >= 0.6 is 0 Å². The lowest BCUT2D eigenvalue weighted by molar-refractivity contribution is -0.139. The lowest BCUT2D eigenvalue weighted by Crippen LogP contribution is -2.56. The van der Waals surface area contributed by atoms with Crippen LogP contribution in [-0.2, 0) is 12.8 Å². The van der Waals surface area contributed by atoms with Crippen molar-refractivity contribution < 1.29 is 9.50 Å². The molecule has 0 spiro atoms. The predicted molar refractivity (Wildman–Crippen MR) is 126 cm³/mol. The molecule has 5 heteroatoms. The molecule has 0 bridgehead atoms. The van der Waals surface area contributed by atoms with E-state index in [-0.39, 0.29) is 16.6 Å². The van der Waals surface area contributed by atoms with Gasteiger partial charge in [-0.05, 0) is 110 Å². The van der Waals surface area contributed by atoms with Crippen LogP contribution in [0.15, 0.2) is 24.4 Å². The number of fused-ring (bicyclic) bond motifs is 10. The Balaban J connectivity index is 1.30.